The first kappa shape index (κ1) is 19.2. The third-order valence-electron chi connectivity index (χ3n) is 6.00. The van der Waals surface area contributed by atoms with Gasteiger partial charge in [0.15, 0.2) is 0 Å². The van der Waals surface area contributed by atoms with Crippen LogP contribution in [0.4, 0.5) is 5.69 Å². The molecular formula is C23H25N3O3. The maximum Gasteiger partial charge on any atom is 0.240 e. The Morgan fingerprint density at radius 2 is 1.72 bits per heavy atom. The Hall–Kier alpha value is -3.15. The largest absolute Gasteiger partial charge is 0.368 e. The topological polar surface area (TPSA) is 83.7 Å². The first-order valence-corrected chi connectivity index (χ1v) is 10.0. The van der Waals surface area contributed by atoms with Crippen LogP contribution in [0.2, 0.25) is 0 Å². The minimum absolute atomic E-state index is 0.0581. The average Bonchev–Trinajstić information content (AvgIpc) is 3.13. The number of para-hydroxylation sites is 1. The van der Waals surface area contributed by atoms with Gasteiger partial charge in [0.05, 0.1) is 5.92 Å². The Morgan fingerprint density at radius 3 is 2.45 bits per heavy atom. The van der Waals surface area contributed by atoms with Gasteiger partial charge in [0.25, 0.3) is 0 Å². The molecular weight excluding hydrogens is 366 g/mol. The van der Waals surface area contributed by atoms with Gasteiger partial charge in [-0.15, -0.1) is 0 Å². The molecule has 2 aliphatic rings. The fourth-order valence-corrected chi connectivity index (χ4v) is 4.42. The van der Waals surface area contributed by atoms with Crippen LogP contribution < -0.4 is 10.6 Å². The van der Waals surface area contributed by atoms with Gasteiger partial charge in [-0.3, -0.25) is 14.4 Å². The van der Waals surface area contributed by atoms with Crippen molar-refractivity contribution in [3.05, 3.63) is 65.2 Å². The number of carbonyl (C=O) groups is 3. The van der Waals surface area contributed by atoms with Gasteiger partial charge in [-0.25, -0.2) is 0 Å². The van der Waals surface area contributed by atoms with E-state index < -0.39 is 17.9 Å². The minimum atomic E-state index is -0.676. The predicted molar refractivity (Wildman–Crippen MR) is 110 cm³/mol. The lowest BCUT2D eigenvalue weighted by molar-refractivity contribution is -0.143. The zero-order chi connectivity index (χ0) is 20.5. The number of amides is 3. The number of nitrogens with zero attached hydrogens (tertiary/aromatic N) is 2. The highest BCUT2D eigenvalue weighted by Gasteiger charge is 2.41. The first-order chi connectivity index (χ1) is 14.0. The first-order valence-electron chi connectivity index (χ1n) is 10.0. The molecule has 150 valence electrons. The number of benzene rings is 2. The fourth-order valence-electron chi connectivity index (χ4n) is 4.42. The maximum atomic E-state index is 13.3. The Morgan fingerprint density at radius 1 is 1.03 bits per heavy atom. The van der Waals surface area contributed by atoms with E-state index >= 15 is 0 Å². The van der Waals surface area contributed by atoms with E-state index in [1.807, 2.05) is 55.5 Å². The van der Waals surface area contributed by atoms with Crippen molar-refractivity contribution in [1.82, 2.24) is 4.90 Å². The Kier molecular flexibility index (Phi) is 5.09. The van der Waals surface area contributed by atoms with Crippen LogP contribution in [-0.4, -0.2) is 35.2 Å². The Balaban J connectivity index is 1.58. The lowest BCUT2D eigenvalue weighted by Gasteiger charge is -2.36. The second-order valence-corrected chi connectivity index (χ2v) is 7.74. The van der Waals surface area contributed by atoms with Gasteiger partial charge < -0.3 is 15.5 Å². The zero-order valence-corrected chi connectivity index (χ0v) is 16.5. The summed E-state index contributed by atoms with van der Waals surface area (Å²) in [4.78, 5) is 41.4. The second kappa shape index (κ2) is 7.70. The number of primary amides is 1. The third kappa shape index (κ3) is 3.50. The summed E-state index contributed by atoms with van der Waals surface area (Å²) in [5, 5.41) is 0. The van der Waals surface area contributed by atoms with E-state index in [1.165, 1.54) is 0 Å². The normalized spacial score (nSPS) is 21.2. The lowest BCUT2D eigenvalue weighted by atomic mass is 9.92. The van der Waals surface area contributed by atoms with Gasteiger partial charge >= 0.3 is 0 Å². The van der Waals surface area contributed by atoms with Crippen molar-refractivity contribution < 1.29 is 14.4 Å². The number of anilines is 1. The van der Waals surface area contributed by atoms with E-state index in [-0.39, 0.29) is 18.2 Å². The van der Waals surface area contributed by atoms with Crippen molar-refractivity contribution in [2.24, 2.45) is 11.7 Å². The molecule has 2 N–H and O–H groups in total. The summed E-state index contributed by atoms with van der Waals surface area (Å²) in [5.74, 6) is -1.21. The SMILES string of the molecule is CCc1ccccc1N1CC(C(=O)N2Cc3ccccc3CC2C(N)=O)CC1=O. The zero-order valence-electron chi connectivity index (χ0n) is 16.5. The van der Waals surface area contributed by atoms with Gasteiger partial charge in [0, 0.05) is 31.6 Å². The van der Waals surface area contributed by atoms with Crippen molar-refractivity contribution in [3.63, 3.8) is 0 Å². The highest BCUT2D eigenvalue weighted by atomic mass is 16.2. The number of fused-ring (bicyclic) bond motifs is 1. The van der Waals surface area contributed by atoms with Gasteiger partial charge in [-0.2, -0.15) is 0 Å². The van der Waals surface area contributed by atoms with Crippen LogP contribution >= 0.6 is 0 Å². The molecule has 2 aromatic carbocycles. The van der Waals surface area contributed by atoms with Gasteiger partial charge in [0.2, 0.25) is 17.7 Å². The molecule has 2 unspecified atom stereocenters. The van der Waals surface area contributed by atoms with Crippen LogP contribution in [0.1, 0.15) is 30.0 Å². The van der Waals surface area contributed by atoms with E-state index in [1.54, 1.807) is 9.80 Å². The predicted octanol–water partition coefficient (Wildman–Crippen LogP) is 2.04. The van der Waals surface area contributed by atoms with Gasteiger partial charge in [0.1, 0.15) is 6.04 Å². The molecule has 0 aromatic heterocycles. The fraction of sp³-hybridized carbons (Fsp3) is 0.348. The van der Waals surface area contributed by atoms with Crippen molar-refractivity contribution in [2.75, 3.05) is 11.4 Å². The van der Waals surface area contributed by atoms with Crippen LogP contribution in [0.3, 0.4) is 0 Å². The Bertz CT molecular complexity index is 971. The number of nitrogens with two attached hydrogens (primary N) is 1. The summed E-state index contributed by atoms with van der Waals surface area (Å²) in [5.41, 5.74) is 9.64. The molecule has 6 heteroatoms. The molecule has 2 heterocycles. The molecule has 0 spiro atoms. The summed E-state index contributed by atoms with van der Waals surface area (Å²) >= 11 is 0. The molecule has 1 saturated heterocycles. The van der Waals surface area contributed by atoms with E-state index in [4.69, 9.17) is 5.73 Å². The molecule has 2 aliphatic heterocycles. The monoisotopic (exact) mass is 391 g/mol. The van der Waals surface area contributed by atoms with E-state index in [0.717, 1.165) is 28.8 Å². The van der Waals surface area contributed by atoms with Crippen LogP contribution in [0.15, 0.2) is 48.5 Å². The van der Waals surface area contributed by atoms with Crippen LogP contribution in [0.5, 0.6) is 0 Å². The summed E-state index contributed by atoms with van der Waals surface area (Å²) < 4.78 is 0. The molecule has 2 atom stereocenters. The molecule has 0 saturated carbocycles. The van der Waals surface area contributed by atoms with E-state index in [2.05, 4.69) is 0 Å². The van der Waals surface area contributed by atoms with E-state index in [9.17, 15) is 14.4 Å². The molecule has 1 fully saturated rings. The molecule has 4 rings (SSSR count). The lowest BCUT2D eigenvalue weighted by Crippen LogP contribution is -2.53. The standard InChI is InChI=1S/C23H25N3O3/c1-2-15-7-5-6-10-19(15)25-14-18(12-21(25)27)23(29)26-13-17-9-4-3-8-16(17)11-20(26)22(24)28/h3-10,18,20H,2,11-14H2,1H3,(H2,24,28). The van der Waals surface area contributed by atoms with Crippen LogP contribution in [0.25, 0.3) is 0 Å². The molecule has 6 nitrogen and oxygen atoms in total. The number of aryl methyl sites for hydroxylation is 1. The molecule has 0 aliphatic carbocycles. The highest BCUT2D eigenvalue weighted by molar-refractivity contribution is 6.01. The number of hydrogen-bond donors (Lipinski definition) is 1. The molecule has 0 bridgehead atoms. The molecule has 0 radical (unpaired) electrons. The molecule has 3 amide bonds. The van der Waals surface area contributed by atoms with Gasteiger partial charge in [-0.05, 0) is 29.2 Å². The highest BCUT2D eigenvalue weighted by Crippen LogP contribution is 2.31. The van der Waals surface area contributed by atoms with Crippen LogP contribution in [-0.2, 0) is 33.8 Å². The molecule has 29 heavy (non-hydrogen) atoms. The van der Waals surface area contributed by atoms with Crippen molar-refractivity contribution in [2.45, 2.75) is 38.8 Å². The summed E-state index contributed by atoms with van der Waals surface area (Å²) in [6.45, 7) is 2.72. The number of hydrogen-bond acceptors (Lipinski definition) is 3. The van der Waals surface area contributed by atoms with Gasteiger partial charge in [-0.1, -0.05) is 49.4 Å². The minimum Gasteiger partial charge on any atom is -0.368 e. The van der Waals surface area contributed by atoms with E-state index in [0.29, 0.717) is 19.5 Å². The number of rotatable bonds is 4. The summed E-state index contributed by atoms with van der Waals surface area (Å²) in [6, 6.07) is 14.9. The van der Waals surface area contributed by atoms with Crippen molar-refractivity contribution >= 4 is 23.4 Å². The summed E-state index contributed by atoms with van der Waals surface area (Å²) in [7, 11) is 0. The number of carbonyl (C=O) groups excluding carboxylic acids is 3. The summed E-state index contributed by atoms with van der Waals surface area (Å²) in [6.07, 6.45) is 1.38. The maximum absolute atomic E-state index is 13.3. The average molecular weight is 391 g/mol. The molecule has 2 aromatic rings. The van der Waals surface area contributed by atoms with Crippen molar-refractivity contribution in [3.8, 4) is 0 Å². The second-order valence-electron chi connectivity index (χ2n) is 7.74. The van der Waals surface area contributed by atoms with Crippen LogP contribution in [0, 0.1) is 5.92 Å². The van der Waals surface area contributed by atoms with Crippen molar-refractivity contribution in [1.29, 1.82) is 0 Å². The third-order valence-corrected chi connectivity index (χ3v) is 6.00. The quantitative estimate of drug-likeness (QED) is 0.866. The Labute approximate surface area is 170 Å². The smallest absolute Gasteiger partial charge is 0.240 e.